The molecule has 0 saturated heterocycles. The number of benzene rings is 2. The van der Waals surface area contributed by atoms with Crippen LogP contribution in [-0.2, 0) is 0 Å². The molecular formula is C19H12Cl3N3O2. The van der Waals surface area contributed by atoms with Crippen molar-refractivity contribution < 1.29 is 9.59 Å². The van der Waals surface area contributed by atoms with E-state index in [9.17, 15) is 9.59 Å². The second-order valence-electron chi connectivity index (χ2n) is 5.47. The highest BCUT2D eigenvalue weighted by Gasteiger charge is 2.19. The summed E-state index contributed by atoms with van der Waals surface area (Å²) in [5, 5.41) is 6.31. The zero-order valence-corrected chi connectivity index (χ0v) is 15.9. The Morgan fingerprint density at radius 2 is 1.59 bits per heavy atom. The van der Waals surface area contributed by atoms with Crippen LogP contribution in [0.4, 0.5) is 11.4 Å². The molecule has 2 N–H and O–H groups in total. The molecule has 2 aromatic carbocycles. The Morgan fingerprint density at radius 3 is 2.26 bits per heavy atom. The van der Waals surface area contributed by atoms with Crippen LogP contribution in [0.25, 0.3) is 0 Å². The number of anilines is 2. The fraction of sp³-hybridized carbons (Fsp3) is 0. The van der Waals surface area contributed by atoms with Crippen LogP contribution < -0.4 is 10.6 Å². The predicted octanol–water partition coefficient (Wildman–Crippen LogP) is 5.55. The zero-order valence-electron chi connectivity index (χ0n) is 13.7. The van der Waals surface area contributed by atoms with Gasteiger partial charge in [-0.1, -0.05) is 34.8 Å². The highest BCUT2D eigenvalue weighted by molar-refractivity contribution is 6.38. The lowest BCUT2D eigenvalue weighted by atomic mass is 10.1. The molecule has 0 radical (unpaired) electrons. The van der Waals surface area contributed by atoms with E-state index in [0.717, 1.165) is 0 Å². The molecule has 27 heavy (non-hydrogen) atoms. The molecule has 2 amide bonds. The summed E-state index contributed by atoms with van der Waals surface area (Å²) in [7, 11) is 0. The number of hydrogen-bond acceptors (Lipinski definition) is 3. The van der Waals surface area contributed by atoms with E-state index in [-0.39, 0.29) is 21.3 Å². The van der Waals surface area contributed by atoms with Gasteiger partial charge >= 0.3 is 0 Å². The average molecular weight is 421 g/mol. The summed E-state index contributed by atoms with van der Waals surface area (Å²) in [5.41, 5.74) is 1.14. The van der Waals surface area contributed by atoms with Gasteiger partial charge in [0, 0.05) is 28.1 Å². The van der Waals surface area contributed by atoms with Gasteiger partial charge in [-0.3, -0.25) is 14.6 Å². The number of carbonyl (C=O) groups is 2. The fourth-order valence-corrected chi connectivity index (χ4v) is 2.96. The first-order valence-corrected chi connectivity index (χ1v) is 8.85. The van der Waals surface area contributed by atoms with Crippen molar-refractivity contribution in [3.05, 3.63) is 87.1 Å². The molecule has 5 nitrogen and oxygen atoms in total. The third-order valence-corrected chi connectivity index (χ3v) is 4.33. The Bertz CT molecular complexity index is 993. The van der Waals surface area contributed by atoms with Crippen molar-refractivity contribution in [3.63, 3.8) is 0 Å². The second kappa shape index (κ2) is 8.39. The minimum Gasteiger partial charge on any atom is -0.322 e. The maximum absolute atomic E-state index is 12.7. The maximum atomic E-state index is 12.7. The van der Waals surface area contributed by atoms with Gasteiger partial charge in [-0.2, -0.15) is 0 Å². The highest BCUT2D eigenvalue weighted by atomic mass is 35.5. The van der Waals surface area contributed by atoms with Crippen molar-refractivity contribution >= 4 is 58.0 Å². The lowest BCUT2D eigenvalue weighted by Gasteiger charge is -2.14. The van der Waals surface area contributed by atoms with E-state index in [1.165, 1.54) is 18.3 Å². The summed E-state index contributed by atoms with van der Waals surface area (Å²) in [4.78, 5) is 29.0. The summed E-state index contributed by atoms with van der Waals surface area (Å²) >= 11 is 18.1. The lowest BCUT2D eigenvalue weighted by Crippen LogP contribution is -2.19. The highest BCUT2D eigenvalue weighted by Crippen LogP contribution is 2.31. The largest absolute Gasteiger partial charge is 0.322 e. The van der Waals surface area contributed by atoms with Gasteiger partial charge in [0.15, 0.2) is 0 Å². The van der Waals surface area contributed by atoms with Crippen LogP contribution in [0.5, 0.6) is 0 Å². The minimum absolute atomic E-state index is 0.125. The molecule has 0 spiro atoms. The number of carbonyl (C=O) groups excluding carboxylic acids is 2. The van der Waals surface area contributed by atoms with Gasteiger partial charge in [-0.05, 0) is 48.5 Å². The quantitative estimate of drug-likeness (QED) is 0.581. The Morgan fingerprint density at radius 1 is 0.852 bits per heavy atom. The van der Waals surface area contributed by atoms with Gasteiger partial charge in [0.25, 0.3) is 11.8 Å². The van der Waals surface area contributed by atoms with Crippen molar-refractivity contribution in [1.29, 1.82) is 0 Å². The minimum atomic E-state index is -0.483. The van der Waals surface area contributed by atoms with Crippen LogP contribution in [0.15, 0.2) is 60.9 Å². The van der Waals surface area contributed by atoms with Crippen LogP contribution in [-0.4, -0.2) is 16.8 Å². The van der Waals surface area contributed by atoms with Crippen molar-refractivity contribution in [1.82, 2.24) is 4.98 Å². The SMILES string of the molecule is O=C(Nc1c(Cl)cc(Cl)cc1C(=O)Nc1ccc(Cl)cc1)c1cccnc1. The molecule has 1 aromatic heterocycles. The summed E-state index contributed by atoms with van der Waals surface area (Å²) in [6.07, 6.45) is 2.96. The first-order chi connectivity index (χ1) is 12.9. The van der Waals surface area contributed by atoms with E-state index in [1.54, 1.807) is 42.6 Å². The van der Waals surface area contributed by atoms with E-state index in [0.29, 0.717) is 16.3 Å². The van der Waals surface area contributed by atoms with Crippen LogP contribution in [0.1, 0.15) is 20.7 Å². The molecule has 0 aliphatic rings. The molecular weight excluding hydrogens is 409 g/mol. The summed E-state index contributed by atoms with van der Waals surface area (Å²) < 4.78 is 0. The standard InChI is InChI=1S/C19H12Cl3N3O2/c20-12-3-5-14(6-4-12)24-19(27)15-8-13(21)9-16(22)17(15)25-18(26)11-2-1-7-23-10-11/h1-10H,(H,24,27)(H,25,26). The maximum Gasteiger partial charge on any atom is 0.257 e. The smallest absolute Gasteiger partial charge is 0.257 e. The number of pyridine rings is 1. The summed E-state index contributed by atoms with van der Waals surface area (Å²) in [6.45, 7) is 0. The Hall–Kier alpha value is -2.60. The van der Waals surface area contributed by atoms with Gasteiger partial charge in [-0.15, -0.1) is 0 Å². The molecule has 8 heteroatoms. The van der Waals surface area contributed by atoms with E-state index < -0.39 is 11.8 Å². The van der Waals surface area contributed by atoms with E-state index in [2.05, 4.69) is 15.6 Å². The predicted molar refractivity (Wildman–Crippen MR) is 108 cm³/mol. The summed E-state index contributed by atoms with van der Waals surface area (Å²) in [5.74, 6) is -0.934. The molecule has 0 saturated carbocycles. The van der Waals surface area contributed by atoms with Crippen molar-refractivity contribution in [2.75, 3.05) is 10.6 Å². The summed E-state index contributed by atoms with van der Waals surface area (Å²) in [6, 6.07) is 12.7. The van der Waals surface area contributed by atoms with Crippen LogP contribution in [0.3, 0.4) is 0 Å². The van der Waals surface area contributed by atoms with Gasteiger partial charge in [0.05, 0.1) is 21.8 Å². The number of hydrogen-bond donors (Lipinski definition) is 2. The van der Waals surface area contributed by atoms with Crippen molar-refractivity contribution in [3.8, 4) is 0 Å². The van der Waals surface area contributed by atoms with Gasteiger partial charge < -0.3 is 10.6 Å². The second-order valence-corrected chi connectivity index (χ2v) is 6.75. The number of nitrogens with one attached hydrogen (secondary N) is 2. The number of amides is 2. The molecule has 0 unspecified atom stereocenters. The third kappa shape index (κ3) is 4.77. The van der Waals surface area contributed by atoms with Crippen molar-refractivity contribution in [2.45, 2.75) is 0 Å². The Balaban J connectivity index is 1.91. The molecule has 0 atom stereocenters. The monoisotopic (exact) mass is 419 g/mol. The van der Waals surface area contributed by atoms with Gasteiger partial charge in [0.1, 0.15) is 0 Å². The van der Waals surface area contributed by atoms with Gasteiger partial charge in [0.2, 0.25) is 0 Å². The topological polar surface area (TPSA) is 71.1 Å². The fourth-order valence-electron chi connectivity index (χ4n) is 2.29. The molecule has 0 aliphatic heterocycles. The molecule has 0 bridgehead atoms. The van der Waals surface area contributed by atoms with Gasteiger partial charge in [-0.25, -0.2) is 0 Å². The average Bonchev–Trinajstić information content (AvgIpc) is 2.66. The molecule has 1 heterocycles. The molecule has 0 fully saturated rings. The lowest BCUT2D eigenvalue weighted by molar-refractivity contribution is 0.102. The van der Waals surface area contributed by atoms with E-state index >= 15 is 0 Å². The van der Waals surface area contributed by atoms with E-state index in [4.69, 9.17) is 34.8 Å². The number of nitrogens with zero attached hydrogens (tertiary/aromatic N) is 1. The number of aromatic nitrogens is 1. The number of rotatable bonds is 4. The molecule has 0 aliphatic carbocycles. The van der Waals surface area contributed by atoms with Crippen LogP contribution >= 0.6 is 34.8 Å². The van der Waals surface area contributed by atoms with Crippen LogP contribution in [0, 0.1) is 0 Å². The third-order valence-electron chi connectivity index (χ3n) is 3.56. The Kier molecular flexibility index (Phi) is 5.96. The van der Waals surface area contributed by atoms with Crippen LogP contribution in [0.2, 0.25) is 15.1 Å². The van der Waals surface area contributed by atoms with Crippen molar-refractivity contribution in [2.24, 2.45) is 0 Å². The molecule has 3 aromatic rings. The normalized spacial score (nSPS) is 10.3. The number of halogens is 3. The first kappa shape index (κ1) is 19.2. The Labute approximate surface area is 170 Å². The van der Waals surface area contributed by atoms with E-state index in [1.807, 2.05) is 0 Å². The zero-order chi connectivity index (χ0) is 19.4. The molecule has 136 valence electrons. The molecule has 3 rings (SSSR count). The first-order valence-electron chi connectivity index (χ1n) is 7.71.